The van der Waals surface area contributed by atoms with Gasteiger partial charge in [-0.3, -0.25) is 4.79 Å². The molecule has 5 heteroatoms. The molecule has 0 atom stereocenters. The maximum atomic E-state index is 11.4. The van der Waals surface area contributed by atoms with E-state index in [0.717, 1.165) is 13.1 Å². The van der Waals surface area contributed by atoms with Crippen LogP contribution in [0.4, 0.5) is 0 Å². The lowest BCUT2D eigenvalue weighted by Gasteiger charge is -2.26. The van der Waals surface area contributed by atoms with Gasteiger partial charge in [-0.25, -0.2) is 0 Å². The van der Waals surface area contributed by atoms with Crippen LogP contribution < -0.4 is 10.6 Å². The smallest absolute Gasteiger partial charge is 0.273 e. The van der Waals surface area contributed by atoms with Crippen LogP contribution in [0, 0.1) is 12.8 Å². The molecule has 2 rings (SSSR count). The summed E-state index contributed by atoms with van der Waals surface area (Å²) in [5.74, 6) is 1.06. The Kier molecular flexibility index (Phi) is 2.49. The minimum absolute atomic E-state index is 0.159. The average molecular weight is 195 g/mol. The van der Waals surface area contributed by atoms with Crippen molar-refractivity contribution >= 4 is 5.91 Å². The van der Waals surface area contributed by atoms with Crippen molar-refractivity contribution in [2.45, 2.75) is 6.92 Å². The Morgan fingerprint density at radius 2 is 2.57 bits per heavy atom. The van der Waals surface area contributed by atoms with E-state index < -0.39 is 0 Å². The van der Waals surface area contributed by atoms with Gasteiger partial charge in [-0.1, -0.05) is 5.16 Å². The normalized spacial score (nSPS) is 16.4. The van der Waals surface area contributed by atoms with E-state index in [1.54, 1.807) is 13.0 Å². The van der Waals surface area contributed by atoms with Crippen molar-refractivity contribution in [1.82, 2.24) is 15.8 Å². The lowest BCUT2D eigenvalue weighted by Crippen LogP contribution is -2.48. The van der Waals surface area contributed by atoms with Crippen molar-refractivity contribution in [3.63, 3.8) is 0 Å². The molecule has 14 heavy (non-hydrogen) atoms. The molecule has 1 aromatic rings. The van der Waals surface area contributed by atoms with Gasteiger partial charge >= 0.3 is 0 Å². The van der Waals surface area contributed by atoms with Crippen molar-refractivity contribution in [3.8, 4) is 0 Å². The summed E-state index contributed by atoms with van der Waals surface area (Å²) in [6, 6.07) is 1.63. The third-order valence-electron chi connectivity index (χ3n) is 2.28. The van der Waals surface area contributed by atoms with E-state index in [4.69, 9.17) is 4.52 Å². The fourth-order valence-corrected chi connectivity index (χ4v) is 1.29. The molecule has 1 amide bonds. The van der Waals surface area contributed by atoms with Crippen LogP contribution in [0.3, 0.4) is 0 Å². The maximum absolute atomic E-state index is 11.4. The largest absolute Gasteiger partial charge is 0.361 e. The van der Waals surface area contributed by atoms with Crippen LogP contribution in [0.25, 0.3) is 0 Å². The third kappa shape index (κ3) is 1.93. The number of carbonyl (C=O) groups is 1. The number of aryl methyl sites for hydroxylation is 1. The van der Waals surface area contributed by atoms with Gasteiger partial charge in [0.15, 0.2) is 5.69 Å². The van der Waals surface area contributed by atoms with Crippen LogP contribution >= 0.6 is 0 Å². The topological polar surface area (TPSA) is 67.2 Å². The number of nitrogens with one attached hydrogen (secondary N) is 2. The minimum Gasteiger partial charge on any atom is -0.361 e. The van der Waals surface area contributed by atoms with E-state index >= 15 is 0 Å². The minimum atomic E-state index is -0.159. The third-order valence-corrected chi connectivity index (χ3v) is 2.28. The second-order valence-corrected chi connectivity index (χ2v) is 3.56. The number of carbonyl (C=O) groups excluding carboxylic acids is 1. The van der Waals surface area contributed by atoms with Gasteiger partial charge in [0.05, 0.1) is 0 Å². The van der Waals surface area contributed by atoms with Crippen LogP contribution in [0.15, 0.2) is 10.6 Å². The van der Waals surface area contributed by atoms with E-state index in [0.29, 0.717) is 23.9 Å². The van der Waals surface area contributed by atoms with Crippen LogP contribution in [-0.2, 0) is 0 Å². The van der Waals surface area contributed by atoms with Crippen LogP contribution in [0.2, 0.25) is 0 Å². The Labute approximate surface area is 81.8 Å². The van der Waals surface area contributed by atoms with E-state index in [1.165, 1.54) is 0 Å². The number of nitrogens with zero attached hydrogens (tertiary/aromatic N) is 1. The van der Waals surface area contributed by atoms with E-state index in [1.807, 2.05) is 0 Å². The first-order valence-corrected chi connectivity index (χ1v) is 4.68. The van der Waals surface area contributed by atoms with Crippen LogP contribution in [0.5, 0.6) is 0 Å². The lowest BCUT2D eigenvalue weighted by molar-refractivity contribution is 0.0933. The highest BCUT2D eigenvalue weighted by atomic mass is 16.5. The molecule has 1 saturated heterocycles. The maximum Gasteiger partial charge on any atom is 0.273 e. The highest BCUT2D eigenvalue weighted by Crippen LogP contribution is 2.03. The van der Waals surface area contributed by atoms with Gasteiger partial charge in [0.25, 0.3) is 5.91 Å². The molecule has 2 N–H and O–H groups in total. The molecule has 2 heterocycles. The van der Waals surface area contributed by atoms with Crippen molar-refractivity contribution < 1.29 is 9.32 Å². The molecule has 0 saturated carbocycles. The van der Waals surface area contributed by atoms with Gasteiger partial charge in [-0.2, -0.15) is 0 Å². The summed E-state index contributed by atoms with van der Waals surface area (Å²) in [5.41, 5.74) is 0.356. The van der Waals surface area contributed by atoms with Crippen LogP contribution in [0.1, 0.15) is 16.2 Å². The molecule has 0 unspecified atom stereocenters. The quantitative estimate of drug-likeness (QED) is 0.708. The molecule has 1 aromatic heterocycles. The molecule has 1 aliphatic rings. The summed E-state index contributed by atoms with van der Waals surface area (Å²) >= 11 is 0. The summed E-state index contributed by atoms with van der Waals surface area (Å²) in [6.07, 6.45) is 0. The molecule has 0 aromatic carbocycles. The Hall–Kier alpha value is -1.36. The summed E-state index contributed by atoms with van der Waals surface area (Å²) in [4.78, 5) is 11.4. The van der Waals surface area contributed by atoms with Gasteiger partial charge in [0, 0.05) is 31.6 Å². The predicted octanol–water partition coefficient (Wildman–Crippen LogP) is -0.0678. The molecule has 0 bridgehead atoms. The Bertz CT molecular complexity index is 331. The van der Waals surface area contributed by atoms with Crippen molar-refractivity contribution in [1.29, 1.82) is 0 Å². The van der Waals surface area contributed by atoms with Gasteiger partial charge in [-0.15, -0.1) is 0 Å². The fourth-order valence-electron chi connectivity index (χ4n) is 1.29. The molecular formula is C9H13N3O2. The Morgan fingerprint density at radius 3 is 3.07 bits per heavy atom. The number of hydrogen-bond donors (Lipinski definition) is 2. The molecule has 1 aliphatic heterocycles. The molecule has 0 spiro atoms. The van der Waals surface area contributed by atoms with Gasteiger partial charge in [-0.05, 0) is 6.92 Å². The first kappa shape index (κ1) is 9.21. The zero-order chi connectivity index (χ0) is 9.97. The predicted molar refractivity (Wildman–Crippen MR) is 49.9 cm³/mol. The number of hydrogen-bond acceptors (Lipinski definition) is 4. The zero-order valence-corrected chi connectivity index (χ0v) is 8.04. The van der Waals surface area contributed by atoms with E-state index in [-0.39, 0.29) is 5.91 Å². The summed E-state index contributed by atoms with van der Waals surface area (Å²) in [5, 5.41) is 9.59. The monoisotopic (exact) mass is 195 g/mol. The van der Waals surface area contributed by atoms with Crippen molar-refractivity contribution in [2.75, 3.05) is 19.6 Å². The lowest BCUT2D eigenvalue weighted by atomic mass is 10.0. The molecule has 0 aliphatic carbocycles. The van der Waals surface area contributed by atoms with Gasteiger partial charge in [0.2, 0.25) is 0 Å². The number of amides is 1. The summed E-state index contributed by atoms with van der Waals surface area (Å²) in [7, 11) is 0. The highest BCUT2D eigenvalue weighted by molar-refractivity contribution is 5.92. The Balaban J connectivity index is 1.82. The summed E-state index contributed by atoms with van der Waals surface area (Å²) in [6.45, 7) is 4.44. The van der Waals surface area contributed by atoms with Gasteiger partial charge < -0.3 is 15.2 Å². The number of rotatable bonds is 3. The first-order valence-electron chi connectivity index (χ1n) is 4.68. The van der Waals surface area contributed by atoms with E-state index in [2.05, 4.69) is 15.8 Å². The van der Waals surface area contributed by atoms with Crippen LogP contribution in [-0.4, -0.2) is 30.7 Å². The standard InChI is InChI=1S/C9H13N3O2/c1-6-2-8(12-14-6)9(13)11-5-7-3-10-4-7/h2,7,10H,3-5H2,1H3,(H,11,13). The second kappa shape index (κ2) is 3.79. The molecule has 76 valence electrons. The van der Waals surface area contributed by atoms with Gasteiger partial charge in [0.1, 0.15) is 5.76 Å². The van der Waals surface area contributed by atoms with Crippen molar-refractivity contribution in [2.24, 2.45) is 5.92 Å². The first-order chi connectivity index (χ1) is 6.75. The SMILES string of the molecule is Cc1cc(C(=O)NCC2CNC2)no1. The zero-order valence-electron chi connectivity index (χ0n) is 8.04. The fraction of sp³-hybridized carbons (Fsp3) is 0.556. The molecule has 0 radical (unpaired) electrons. The highest BCUT2D eigenvalue weighted by Gasteiger charge is 2.18. The van der Waals surface area contributed by atoms with E-state index in [9.17, 15) is 4.79 Å². The number of aromatic nitrogens is 1. The molecular weight excluding hydrogens is 182 g/mol. The second-order valence-electron chi connectivity index (χ2n) is 3.56. The average Bonchev–Trinajstić information content (AvgIpc) is 2.49. The van der Waals surface area contributed by atoms with Crippen molar-refractivity contribution in [3.05, 3.63) is 17.5 Å². The molecule has 1 fully saturated rings. The molecule has 5 nitrogen and oxygen atoms in total. The summed E-state index contributed by atoms with van der Waals surface area (Å²) < 4.78 is 4.81. The Morgan fingerprint density at radius 1 is 1.79 bits per heavy atom.